The van der Waals surface area contributed by atoms with Crippen LogP contribution in [0.1, 0.15) is 42.9 Å². The molecule has 1 atom stereocenters. The van der Waals surface area contributed by atoms with E-state index in [1.54, 1.807) is 12.1 Å². The van der Waals surface area contributed by atoms with Gasteiger partial charge in [0.05, 0.1) is 11.9 Å². The Bertz CT molecular complexity index is 1120. The van der Waals surface area contributed by atoms with Gasteiger partial charge in [-0.15, -0.1) is 0 Å². The molecule has 0 saturated heterocycles. The maximum atomic E-state index is 13.3. The molecule has 1 N–H and O–H groups in total. The number of hydrogen-bond acceptors (Lipinski definition) is 4. The molecule has 0 aliphatic carbocycles. The minimum Gasteiger partial charge on any atom is -0.357 e. The fourth-order valence-electron chi connectivity index (χ4n) is 3.87. The summed E-state index contributed by atoms with van der Waals surface area (Å²) in [5, 5.41) is 3.14. The van der Waals surface area contributed by atoms with Gasteiger partial charge in [-0.1, -0.05) is 48.9 Å². The first-order valence-corrected chi connectivity index (χ1v) is 13.5. The number of anilines is 1. The van der Waals surface area contributed by atoms with E-state index in [2.05, 4.69) is 5.32 Å². The SMILES string of the molecule is CC[C@H](C(=O)NC)N(Cc1ccccc1Cl)C(=O)CCCN(c1cc(C)ccc1C)S(C)(=O)=O. The van der Waals surface area contributed by atoms with Gasteiger partial charge < -0.3 is 10.2 Å². The van der Waals surface area contributed by atoms with E-state index in [0.717, 1.165) is 16.7 Å². The molecule has 0 aliphatic rings. The Balaban J connectivity index is 2.24. The molecule has 0 spiro atoms. The second-order valence-electron chi connectivity index (χ2n) is 8.38. The lowest BCUT2D eigenvalue weighted by Crippen LogP contribution is -2.48. The Hall–Kier alpha value is -2.58. The number of halogens is 1. The van der Waals surface area contributed by atoms with Crippen LogP contribution in [-0.4, -0.2) is 51.0 Å². The van der Waals surface area contributed by atoms with Crippen LogP contribution >= 0.6 is 11.6 Å². The Labute approximate surface area is 208 Å². The summed E-state index contributed by atoms with van der Waals surface area (Å²) in [5.74, 6) is -0.485. The predicted octanol–water partition coefficient (Wildman–Crippen LogP) is 4.06. The molecule has 2 rings (SSSR count). The zero-order chi connectivity index (χ0) is 25.5. The van der Waals surface area contributed by atoms with Crippen LogP contribution < -0.4 is 9.62 Å². The third-order valence-electron chi connectivity index (χ3n) is 5.72. The summed E-state index contributed by atoms with van der Waals surface area (Å²) in [5.41, 5.74) is 3.15. The van der Waals surface area contributed by atoms with E-state index in [4.69, 9.17) is 11.6 Å². The van der Waals surface area contributed by atoms with E-state index in [1.165, 1.54) is 22.5 Å². The lowest BCUT2D eigenvalue weighted by molar-refractivity contribution is -0.141. The number of likely N-dealkylation sites (N-methyl/N-ethyl adjacent to an activating group) is 1. The smallest absolute Gasteiger partial charge is 0.242 e. The van der Waals surface area contributed by atoms with E-state index in [9.17, 15) is 18.0 Å². The van der Waals surface area contributed by atoms with Gasteiger partial charge in [0.25, 0.3) is 0 Å². The van der Waals surface area contributed by atoms with Crippen molar-refractivity contribution in [3.63, 3.8) is 0 Å². The van der Waals surface area contributed by atoms with Crippen molar-refractivity contribution in [3.8, 4) is 0 Å². The zero-order valence-corrected chi connectivity index (χ0v) is 22.0. The van der Waals surface area contributed by atoms with E-state index in [0.29, 0.717) is 23.6 Å². The average molecular weight is 508 g/mol. The van der Waals surface area contributed by atoms with E-state index < -0.39 is 16.1 Å². The van der Waals surface area contributed by atoms with Gasteiger partial charge in [-0.3, -0.25) is 13.9 Å². The highest BCUT2D eigenvalue weighted by Crippen LogP contribution is 2.25. The number of carbonyl (C=O) groups is 2. The summed E-state index contributed by atoms with van der Waals surface area (Å²) in [6.07, 6.45) is 2.00. The van der Waals surface area contributed by atoms with E-state index >= 15 is 0 Å². The van der Waals surface area contributed by atoms with Gasteiger partial charge in [0.15, 0.2) is 0 Å². The molecule has 2 amide bonds. The van der Waals surface area contributed by atoms with Crippen molar-refractivity contribution in [1.82, 2.24) is 10.2 Å². The van der Waals surface area contributed by atoms with Crippen molar-refractivity contribution in [1.29, 1.82) is 0 Å². The highest BCUT2D eigenvalue weighted by Gasteiger charge is 2.28. The number of carbonyl (C=O) groups excluding carboxylic acids is 2. The number of nitrogens with zero attached hydrogens (tertiary/aromatic N) is 2. The van der Waals surface area contributed by atoms with Crippen LogP contribution in [-0.2, 0) is 26.2 Å². The molecule has 7 nitrogen and oxygen atoms in total. The van der Waals surface area contributed by atoms with Crippen molar-refractivity contribution < 1.29 is 18.0 Å². The van der Waals surface area contributed by atoms with Crippen molar-refractivity contribution in [2.45, 2.75) is 52.6 Å². The fourth-order valence-corrected chi connectivity index (χ4v) is 5.08. The maximum Gasteiger partial charge on any atom is 0.242 e. The minimum atomic E-state index is -3.54. The third-order valence-corrected chi connectivity index (χ3v) is 7.27. The topological polar surface area (TPSA) is 86.8 Å². The number of amides is 2. The Morgan fingerprint density at radius 3 is 2.38 bits per heavy atom. The Morgan fingerprint density at radius 1 is 1.12 bits per heavy atom. The molecule has 186 valence electrons. The van der Waals surface area contributed by atoms with Gasteiger partial charge in [0.1, 0.15) is 6.04 Å². The maximum absolute atomic E-state index is 13.3. The van der Waals surface area contributed by atoms with Crippen molar-refractivity contribution in [2.24, 2.45) is 0 Å². The molecule has 0 aromatic heterocycles. The van der Waals surface area contributed by atoms with Crippen LogP contribution in [0.25, 0.3) is 0 Å². The summed E-state index contributed by atoms with van der Waals surface area (Å²) >= 11 is 6.31. The van der Waals surface area contributed by atoms with E-state index in [-0.39, 0.29) is 31.3 Å². The monoisotopic (exact) mass is 507 g/mol. The lowest BCUT2D eigenvalue weighted by atomic mass is 10.1. The highest BCUT2D eigenvalue weighted by molar-refractivity contribution is 7.92. The first kappa shape index (κ1) is 27.7. The van der Waals surface area contributed by atoms with Crippen LogP contribution in [0.15, 0.2) is 42.5 Å². The van der Waals surface area contributed by atoms with Crippen LogP contribution in [0.4, 0.5) is 5.69 Å². The number of sulfonamides is 1. The number of rotatable bonds is 11. The Kier molecular flexibility index (Phi) is 9.94. The second kappa shape index (κ2) is 12.2. The summed E-state index contributed by atoms with van der Waals surface area (Å²) in [6.45, 7) is 5.96. The van der Waals surface area contributed by atoms with Crippen molar-refractivity contribution in [3.05, 3.63) is 64.2 Å². The Morgan fingerprint density at radius 2 is 1.79 bits per heavy atom. The van der Waals surface area contributed by atoms with Crippen LogP contribution in [0.5, 0.6) is 0 Å². The number of aryl methyl sites for hydroxylation is 2. The standard InChI is InChI=1S/C25H34ClN3O4S/c1-6-22(25(31)27-4)28(17-20-10-7-8-11-21(20)26)24(30)12-9-15-29(34(5,32)33)23-16-18(2)13-14-19(23)3/h7-8,10-11,13-14,16,22H,6,9,12,15,17H2,1-5H3,(H,27,31)/t22-/m1/s1. The van der Waals surface area contributed by atoms with Crippen LogP contribution in [0.3, 0.4) is 0 Å². The van der Waals surface area contributed by atoms with E-state index in [1.807, 2.05) is 51.1 Å². The first-order valence-electron chi connectivity index (χ1n) is 11.3. The lowest BCUT2D eigenvalue weighted by Gasteiger charge is -2.31. The second-order valence-corrected chi connectivity index (χ2v) is 10.7. The largest absolute Gasteiger partial charge is 0.357 e. The van der Waals surface area contributed by atoms with Gasteiger partial charge in [-0.25, -0.2) is 8.42 Å². The fraction of sp³-hybridized carbons (Fsp3) is 0.440. The molecule has 2 aromatic carbocycles. The average Bonchev–Trinajstić information content (AvgIpc) is 2.78. The molecule has 9 heteroatoms. The molecule has 34 heavy (non-hydrogen) atoms. The summed E-state index contributed by atoms with van der Waals surface area (Å²) in [7, 11) is -2.00. The normalized spacial score (nSPS) is 12.2. The summed E-state index contributed by atoms with van der Waals surface area (Å²) in [4.78, 5) is 27.3. The summed E-state index contributed by atoms with van der Waals surface area (Å²) in [6, 6.07) is 12.2. The molecular weight excluding hydrogens is 474 g/mol. The van der Waals surface area contributed by atoms with Gasteiger partial charge in [-0.2, -0.15) is 0 Å². The van der Waals surface area contributed by atoms with Gasteiger partial charge in [-0.05, 0) is 55.5 Å². The van der Waals surface area contributed by atoms with Crippen LogP contribution in [0, 0.1) is 13.8 Å². The van der Waals surface area contributed by atoms with Crippen LogP contribution in [0.2, 0.25) is 5.02 Å². The molecular formula is C25H34ClN3O4S. The van der Waals surface area contributed by atoms with Gasteiger partial charge in [0.2, 0.25) is 21.8 Å². The van der Waals surface area contributed by atoms with Crippen molar-refractivity contribution >= 4 is 39.1 Å². The highest BCUT2D eigenvalue weighted by atomic mass is 35.5. The zero-order valence-electron chi connectivity index (χ0n) is 20.5. The quantitative estimate of drug-likeness (QED) is 0.497. The molecule has 0 aliphatic heterocycles. The minimum absolute atomic E-state index is 0.0921. The molecule has 0 saturated carbocycles. The van der Waals surface area contributed by atoms with Crippen molar-refractivity contribution in [2.75, 3.05) is 24.2 Å². The third kappa shape index (κ3) is 7.21. The van der Waals surface area contributed by atoms with Gasteiger partial charge in [0, 0.05) is 31.6 Å². The number of benzene rings is 2. The molecule has 0 unspecified atom stereocenters. The first-order chi connectivity index (χ1) is 16.0. The predicted molar refractivity (Wildman–Crippen MR) is 137 cm³/mol. The molecule has 0 radical (unpaired) electrons. The molecule has 0 heterocycles. The number of hydrogen-bond donors (Lipinski definition) is 1. The molecule has 0 fully saturated rings. The summed E-state index contributed by atoms with van der Waals surface area (Å²) < 4.78 is 26.4. The van der Waals surface area contributed by atoms with Gasteiger partial charge >= 0.3 is 0 Å². The number of nitrogens with one attached hydrogen (secondary N) is 1. The molecule has 0 bridgehead atoms. The molecule has 2 aromatic rings.